The van der Waals surface area contributed by atoms with Gasteiger partial charge in [0.05, 0.1) is 0 Å². The van der Waals surface area contributed by atoms with Crippen molar-refractivity contribution >= 4 is 52.5 Å². The molecule has 124 valence electrons. The average Bonchev–Trinajstić information content (AvgIpc) is 2.47. The Bertz CT molecular complexity index is 602. The van der Waals surface area contributed by atoms with Gasteiger partial charge in [-0.25, -0.2) is 4.79 Å². The predicted octanol–water partition coefficient (Wildman–Crippen LogP) is 4.32. The second kappa shape index (κ2) is 9.72. The minimum absolute atomic E-state index is 0.000000000000000444. The normalized spacial score (nSPS) is 9.65. The Kier molecular flexibility index (Phi) is 8.33. The number of halogens is 4. The van der Waals surface area contributed by atoms with Crippen molar-refractivity contribution in [1.82, 2.24) is 19.9 Å². The minimum atomic E-state index is -0.386. The minimum Gasteiger partial charge on any atom is -0.410 e. The van der Waals surface area contributed by atoms with Crippen LogP contribution >= 0.6 is 46.4 Å². The smallest absolute Gasteiger partial charge is 0.410 e. The van der Waals surface area contributed by atoms with Crippen LogP contribution in [0.2, 0.25) is 15.9 Å². The molecular weight excluding hydrogens is 386 g/mol. The number of benzene rings is 1. The summed E-state index contributed by atoms with van der Waals surface area (Å²) in [5, 5.41) is 0.00000000000000178. The second-order valence-electron chi connectivity index (χ2n) is 4.18. The van der Waals surface area contributed by atoms with E-state index in [1.807, 2.05) is 12.1 Å². The van der Waals surface area contributed by atoms with E-state index in [1.165, 1.54) is 4.90 Å². The van der Waals surface area contributed by atoms with Crippen molar-refractivity contribution in [1.29, 1.82) is 0 Å². The number of nitrogens with zero attached hydrogens (tertiary/aromatic N) is 4. The fourth-order valence-electron chi connectivity index (χ4n) is 1.14. The molecule has 0 radical (unpaired) electrons. The first-order chi connectivity index (χ1) is 10.8. The predicted molar refractivity (Wildman–Crippen MR) is 90.6 cm³/mol. The van der Waals surface area contributed by atoms with Crippen LogP contribution in [-0.4, -0.2) is 40.0 Å². The lowest BCUT2D eigenvalue weighted by Gasteiger charge is -2.10. The van der Waals surface area contributed by atoms with Crippen molar-refractivity contribution in [3.05, 3.63) is 45.7 Å². The first-order valence-electron chi connectivity index (χ1n) is 6.08. The highest BCUT2D eigenvalue weighted by atomic mass is 35.5. The number of ether oxygens (including phenoxy) is 1. The quantitative estimate of drug-likeness (QED) is 0.706. The third-order valence-electron chi connectivity index (χ3n) is 2.20. The summed E-state index contributed by atoms with van der Waals surface area (Å²) in [6, 6.07) is 7.09. The van der Waals surface area contributed by atoms with Gasteiger partial charge in [0.15, 0.2) is 0 Å². The molecule has 0 unspecified atom stereocenters. The highest BCUT2D eigenvalue weighted by molar-refractivity contribution is 6.33. The van der Waals surface area contributed by atoms with Crippen molar-refractivity contribution in [2.75, 3.05) is 14.1 Å². The summed E-state index contributed by atoms with van der Waals surface area (Å²) in [5.74, 6) is 0.986. The molecule has 2 aromatic rings. The fourth-order valence-corrected chi connectivity index (χ4v) is 1.93. The molecule has 1 heterocycles. The number of rotatable bonds is 2. The van der Waals surface area contributed by atoms with Crippen LogP contribution in [-0.2, 0) is 5.88 Å². The molecule has 0 aliphatic carbocycles. The van der Waals surface area contributed by atoms with E-state index in [2.05, 4.69) is 15.0 Å². The van der Waals surface area contributed by atoms with Crippen molar-refractivity contribution in [3.63, 3.8) is 0 Å². The van der Waals surface area contributed by atoms with Gasteiger partial charge in [0.1, 0.15) is 5.75 Å². The topological polar surface area (TPSA) is 68.2 Å². The molecule has 1 aromatic carbocycles. The lowest BCUT2D eigenvalue weighted by Crippen LogP contribution is -2.25. The molecule has 0 bridgehead atoms. The van der Waals surface area contributed by atoms with E-state index in [1.54, 1.807) is 26.2 Å². The van der Waals surface area contributed by atoms with Crippen LogP contribution in [0.5, 0.6) is 5.75 Å². The molecule has 1 amide bonds. The van der Waals surface area contributed by atoms with Gasteiger partial charge < -0.3 is 9.64 Å². The van der Waals surface area contributed by atoms with E-state index in [0.717, 1.165) is 5.56 Å². The van der Waals surface area contributed by atoms with Crippen molar-refractivity contribution < 1.29 is 9.53 Å². The number of carbonyl (C=O) groups is 1. The monoisotopic (exact) mass is 396 g/mol. The van der Waals surface area contributed by atoms with Gasteiger partial charge >= 0.3 is 6.09 Å². The maximum Gasteiger partial charge on any atom is 0.414 e. The summed E-state index contributed by atoms with van der Waals surface area (Å²) >= 11 is 21.6. The Labute approximate surface area is 153 Å². The van der Waals surface area contributed by atoms with Crippen LogP contribution in [0.3, 0.4) is 0 Å². The lowest BCUT2D eigenvalue weighted by molar-refractivity contribution is 0.172. The zero-order chi connectivity index (χ0) is 17.4. The molecule has 6 nitrogen and oxygen atoms in total. The van der Waals surface area contributed by atoms with Crippen LogP contribution in [0.1, 0.15) is 5.56 Å². The third kappa shape index (κ3) is 7.65. The molecule has 10 heteroatoms. The number of amides is 1. The van der Waals surface area contributed by atoms with Crippen molar-refractivity contribution in [2.24, 2.45) is 0 Å². The van der Waals surface area contributed by atoms with E-state index in [0.29, 0.717) is 11.6 Å². The van der Waals surface area contributed by atoms with Crippen LogP contribution < -0.4 is 4.74 Å². The second-order valence-corrected chi connectivity index (χ2v) is 5.46. The number of aromatic nitrogens is 3. The molecule has 0 aliphatic rings. The Balaban J connectivity index is 0.000000253. The van der Waals surface area contributed by atoms with E-state index in [-0.39, 0.29) is 21.9 Å². The number of hydrogen-bond acceptors (Lipinski definition) is 5. The summed E-state index contributed by atoms with van der Waals surface area (Å²) in [6.07, 6.45) is -0.386. The van der Waals surface area contributed by atoms with E-state index in [4.69, 9.17) is 51.1 Å². The molecule has 0 N–H and O–H groups in total. The summed E-state index contributed by atoms with van der Waals surface area (Å²) in [5.41, 5.74) is 0.997. The molecule has 0 spiro atoms. The molecule has 2 rings (SSSR count). The van der Waals surface area contributed by atoms with Gasteiger partial charge in [-0.3, -0.25) is 0 Å². The zero-order valence-corrected chi connectivity index (χ0v) is 15.2. The van der Waals surface area contributed by atoms with Gasteiger partial charge in [-0.05, 0) is 52.5 Å². The summed E-state index contributed by atoms with van der Waals surface area (Å²) in [6.45, 7) is 0. The zero-order valence-electron chi connectivity index (χ0n) is 12.1. The number of carbonyl (C=O) groups excluding carboxylic acids is 1. The number of alkyl halides is 1. The van der Waals surface area contributed by atoms with Crippen molar-refractivity contribution in [2.45, 2.75) is 5.88 Å². The molecule has 23 heavy (non-hydrogen) atoms. The highest BCUT2D eigenvalue weighted by Gasteiger charge is 2.05. The standard InChI is InChI=1S/C10H12ClNO2.C3Cl3N3/c1-12(2)10(13)14-9-5-3-8(7-11)4-6-9;4-1-7-2(5)9-3(6)8-1/h3-6H,7H2,1-2H3;. The summed E-state index contributed by atoms with van der Waals surface area (Å²) in [7, 11) is 3.27. The first-order valence-corrected chi connectivity index (χ1v) is 7.75. The lowest BCUT2D eigenvalue weighted by atomic mass is 10.2. The number of hydrogen-bond donors (Lipinski definition) is 0. The molecular formula is C13H12Cl4N4O2. The van der Waals surface area contributed by atoms with E-state index < -0.39 is 0 Å². The van der Waals surface area contributed by atoms with Crippen LogP contribution in [0.25, 0.3) is 0 Å². The van der Waals surface area contributed by atoms with Crippen LogP contribution in [0.15, 0.2) is 24.3 Å². The highest BCUT2D eigenvalue weighted by Crippen LogP contribution is 2.14. The van der Waals surface area contributed by atoms with Gasteiger partial charge in [0.2, 0.25) is 15.9 Å². The van der Waals surface area contributed by atoms with Gasteiger partial charge in [0.25, 0.3) is 0 Å². The fraction of sp³-hybridized carbons (Fsp3) is 0.231. The summed E-state index contributed by atoms with van der Waals surface area (Å²) in [4.78, 5) is 22.9. The average molecular weight is 398 g/mol. The molecule has 0 saturated carbocycles. The van der Waals surface area contributed by atoms with E-state index >= 15 is 0 Å². The summed E-state index contributed by atoms with van der Waals surface area (Å²) < 4.78 is 5.02. The largest absolute Gasteiger partial charge is 0.414 e. The Morgan fingerprint density at radius 1 is 1.00 bits per heavy atom. The van der Waals surface area contributed by atoms with Gasteiger partial charge in [-0.2, -0.15) is 15.0 Å². The van der Waals surface area contributed by atoms with Gasteiger partial charge in [0, 0.05) is 20.0 Å². The van der Waals surface area contributed by atoms with Gasteiger partial charge in [-0.15, -0.1) is 11.6 Å². The van der Waals surface area contributed by atoms with Crippen molar-refractivity contribution in [3.8, 4) is 5.75 Å². The van der Waals surface area contributed by atoms with Crippen LogP contribution in [0.4, 0.5) is 4.79 Å². The molecule has 1 aromatic heterocycles. The maximum atomic E-state index is 11.1. The molecule has 0 fully saturated rings. The SMILES string of the molecule is CN(C)C(=O)Oc1ccc(CCl)cc1.Clc1nc(Cl)nc(Cl)n1. The Morgan fingerprint density at radius 3 is 1.78 bits per heavy atom. The molecule has 0 saturated heterocycles. The Hall–Kier alpha value is -1.34. The Morgan fingerprint density at radius 2 is 1.43 bits per heavy atom. The van der Waals surface area contributed by atoms with E-state index in [9.17, 15) is 4.79 Å². The molecule has 0 aliphatic heterocycles. The maximum absolute atomic E-state index is 11.1. The first kappa shape index (κ1) is 19.7. The third-order valence-corrected chi connectivity index (χ3v) is 3.02. The van der Waals surface area contributed by atoms with Gasteiger partial charge in [-0.1, -0.05) is 12.1 Å². The van der Waals surface area contributed by atoms with Crippen LogP contribution in [0, 0.1) is 0 Å². The molecule has 0 atom stereocenters.